The predicted molar refractivity (Wildman–Crippen MR) is 124 cm³/mol. The molecule has 0 radical (unpaired) electrons. The Morgan fingerprint density at radius 1 is 1.16 bits per heavy atom. The molecule has 38 heavy (non-hydrogen) atoms. The van der Waals surface area contributed by atoms with Crippen LogP contribution in [0.15, 0.2) is 22.6 Å². The summed E-state index contributed by atoms with van der Waals surface area (Å²) >= 11 is 0. The minimum atomic E-state index is -2.63. The molecule has 1 aromatic heterocycles. The Kier molecular flexibility index (Phi) is 5.81. The largest absolute Gasteiger partial charge is 0.403 e. The molecule has 3 fully saturated rings. The monoisotopic (exact) mass is 536 g/mol. The highest BCUT2D eigenvalue weighted by molar-refractivity contribution is 6.01. The van der Waals surface area contributed by atoms with Gasteiger partial charge in [-0.3, -0.25) is 14.9 Å². The number of imide groups is 1. The van der Waals surface area contributed by atoms with Crippen LogP contribution in [0.3, 0.4) is 0 Å². The Bertz CT molecular complexity index is 1300. The Labute approximate surface area is 213 Å². The summed E-state index contributed by atoms with van der Waals surface area (Å²) in [5.74, 6) is -6.44. The van der Waals surface area contributed by atoms with Crippen molar-refractivity contribution in [2.45, 2.75) is 62.6 Å². The molecule has 202 valence electrons. The molecule has 3 N–H and O–H groups in total. The highest BCUT2D eigenvalue weighted by atomic mass is 19.3. The lowest BCUT2D eigenvalue weighted by Gasteiger charge is -2.48. The van der Waals surface area contributed by atoms with Crippen LogP contribution >= 0.6 is 0 Å². The van der Waals surface area contributed by atoms with Crippen molar-refractivity contribution >= 4 is 29.3 Å². The number of anilines is 2. The summed E-state index contributed by atoms with van der Waals surface area (Å²) in [5.41, 5.74) is 2.68. The number of hydrogen-bond donors (Lipinski definition) is 3. The van der Waals surface area contributed by atoms with Gasteiger partial charge in [-0.25, -0.2) is 17.6 Å². The average Bonchev–Trinajstić information content (AvgIpc) is 3.50. The number of hydroxylamine groups is 1. The van der Waals surface area contributed by atoms with Crippen LogP contribution in [0.1, 0.15) is 50.0 Å². The Hall–Kier alpha value is -3.68. The molecule has 2 amide bonds. The molecule has 4 heterocycles. The summed E-state index contributed by atoms with van der Waals surface area (Å²) in [6.07, 6.45) is 1.29. The lowest BCUT2D eigenvalue weighted by Crippen LogP contribution is -2.62. The summed E-state index contributed by atoms with van der Waals surface area (Å²) in [6.45, 7) is 2.24. The van der Waals surface area contributed by atoms with Crippen molar-refractivity contribution in [3.05, 3.63) is 41.3 Å². The molecule has 6 rings (SSSR count). The van der Waals surface area contributed by atoms with E-state index in [0.717, 1.165) is 0 Å². The lowest BCUT2D eigenvalue weighted by atomic mass is 9.76. The third-order valence-corrected chi connectivity index (χ3v) is 7.66. The number of halogens is 4. The predicted octanol–water partition coefficient (Wildman–Crippen LogP) is 2.85. The molecule has 14 heteroatoms. The summed E-state index contributed by atoms with van der Waals surface area (Å²) in [4.78, 5) is 30.6. The molecular weight excluding hydrogens is 512 g/mol. The second kappa shape index (κ2) is 8.96. The van der Waals surface area contributed by atoms with E-state index in [4.69, 9.17) is 9.25 Å². The Morgan fingerprint density at radius 3 is 2.55 bits per heavy atom. The molecule has 2 unspecified atom stereocenters. The van der Waals surface area contributed by atoms with Gasteiger partial charge in [0.15, 0.2) is 0 Å². The standard InChI is InChI=1S/C24H24F4N6O4/c1-10-17(29-23-32-31-22(37-23)18-6-16(33-38-18)11-7-24(27,28)8-11)9-34(10)12-4-14(25)20(15(26)5-12)13-2-3-19(35)30-21(13)36/h4-6,10-11,13,16-17,33H,2-3,7-9H2,1H3,(H,29,32)(H,30,35,36)/t10-,13?,16?,17+/m1/s1. The van der Waals surface area contributed by atoms with E-state index in [2.05, 4.69) is 26.3 Å². The first-order valence-corrected chi connectivity index (χ1v) is 12.3. The van der Waals surface area contributed by atoms with E-state index in [-0.39, 0.29) is 73.0 Å². The van der Waals surface area contributed by atoms with Crippen LogP contribution < -0.4 is 21.0 Å². The van der Waals surface area contributed by atoms with Crippen molar-refractivity contribution in [2.24, 2.45) is 5.92 Å². The van der Waals surface area contributed by atoms with Crippen LogP contribution in [0.4, 0.5) is 29.3 Å². The minimum absolute atomic E-state index is 0.0187. The molecule has 2 aromatic rings. The first-order valence-electron chi connectivity index (χ1n) is 12.3. The average molecular weight is 536 g/mol. The highest BCUT2D eigenvalue weighted by Gasteiger charge is 2.49. The normalized spacial score (nSPS) is 28.8. The zero-order valence-electron chi connectivity index (χ0n) is 20.1. The minimum Gasteiger partial charge on any atom is -0.403 e. The van der Waals surface area contributed by atoms with Crippen molar-refractivity contribution in [1.29, 1.82) is 0 Å². The molecule has 0 bridgehead atoms. The van der Waals surface area contributed by atoms with Crippen LogP contribution in [-0.4, -0.2) is 52.6 Å². The highest BCUT2D eigenvalue weighted by Crippen LogP contribution is 2.45. The summed E-state index contributed by atoms with van der Waals surface area (Å²) < 4.78 is 61.7. The van der Waals surface area contributed by atoms with Crippen LogP contribution in [-0.2, 0) is 14.4 Å². The maximum absolute atomic E-state index is 14.9. The van der Waals surface area contributed by atoms with E-state index in [1.54, 1.807) is 11.0 Å². The summed E-state index contributed by atoms with van der Waals surface area (Å²) in [5, 5.41) is 13.1. The van der Waals surface area contributed by atoms with E-state index < -0.39 is 35.3 Å². The quantitative estimate of drug-likeness (QED) is 0.378. The zero-order chi connectivity index (χ0) is 26.8. The fourth-order valence-electron chi connectivity index (χ4n) is 5.37. The van der Waals surface area contributed by atoms with Crippen molar-refractivity contribution < 1.29 is 36.4 Å². The van der Waals surface area contributed by atoms with Crippen molar-refractivity contribution in [3.8, 4) is 0 Å². The number of nitrogens with zero attached hydrogens (tertiary/aromatic N) is 3. The van der Waals surface area contributed by atoms with Gasteiger partial charge in [-0.05, 0) is 37.5 Å². The van der Waals surface area contributed by atoms with Crippen LogP contribution in [0.25, 0.3) is 5.76 Å². The first kappa shape index (κ1) is 24.6. The number of carbonyl (C=O) groups excluding carboxylic acids is 2. The topological polar surface area (TPSA) is 122 Å². The molecule has 1 saturated carbocycles. The molecule has 2 saturated heterocycles. The van der Waals surface area contributed by atoms with Crippen molar-refractivity contribution in [1.82, 2.24) is 21.0 Å². The van der Waals surface area contributed by atoms with Gasteiger partial charge in [-0.1, -0.05) is 5.10 Å². The van der Waals surface area contributed by atoms with Gasteiger partial charge in [0, 0.05) is 43.1 Å². The number of nitrogens with one attached hydrogen (secondary N) is 3. The van der Waals surface area contributed by atoms with Gasteiger partial charge in [0.1, 0.15) is 11.6 Å². The van der Waals surface area contributed by atoms with Gasteiger partial charge in [-0.15, -0.1) is 10.6 Å². The molecule has 4 atom stereocenters. The third kappa shape index (κ3) is 4.36. The third-order valence-electron chi connectivity index (χ3n) is 7.66. The number of aromatic nitrogens is 2. The number of piperidine rings is 1. The maximum Gasteiger partial charge on any atom is 0.316 e. The summed E-state index contributed by atoms with van der Waals surface area (Å²) in [6, 6.07) is 1.75. The number of carbonyl (C=O) groups is 2. The van der Waals surface area contributed by atoms with E-state index in [0.29, 0.717) is 12.2 Å². The Balaban J connectivity index is 1.08. The second-order valence-corrected chi connectivity index (χ2v) is 10.2. The van der Waals surface area contributed by atoms with E-state index in [9.17, 15) is 27.2 Å². The van der Waals surface area contributed by atoms with Gasteiger partial charge in [-0.2, -0.15) is 0 Å². The molecule has 1 aliphatic carbocycles. The van der Waals surface area contributed by atoms with Crippen LogP contribution in [0.2, 0.25) is 0 Å². The number of benzene rings is 1. The zero-order valence-corrected chi connectivity index (χ0v) is 20.1. The Morgan fingerprint density at radius 2 is 1.89 bits per heavy atom. The smallest absolute Gasteiger partial charge is 0.316 e. The van der Waals surface area contributed by atoms with Gasteiger partial charge in [0.05, 0.1) is 18.0 Å². The fraction of sp³-hybridized carbons (Fsp3) is 0.500. The van der Waals surface area contributed by atoms with Gasteiger partial charge in [0.25, 0.3) is 5.89 Å². The molecule has 10 nitrogen and oxygen atoms in total. The number of rotatable bonds is 6. The fourth-order valence-corrected chi connectivity index (χ4v) is 5.37. The molecule has 1 aromatic carbocycles. The van der Waals surface area contributed by atoms with Crippen LogP contribution in [0, 0.1) is 17.6 Å². The molecule has 0 spiro atoms. The maximum atomic E-state index is 14.9. The second-order valence-electron chi connectivity index (χ2n) is 10.2. The number of hydrogen-bond acceptors (Lipinski definition) is 9. The molecular formula is C24H24F4N6O4. The molecule has 3 aliphatic heterocycles. The van der Waals surface area contributed by atoms with E-state index >= 15 is 0 Å². The van der Waals surface area contributed by atoms with Gasteiger partial charge >= 0.3 is 6.01 Å². The lowest BCUT2D eigenvalue weighted by molar-refractivity contribution is -0.134. The summed E-state index contributed by atoms with van der Waals surface area (Å²) in [7, 11) is 0. The van der Waals surface area contributed by atoms with Crippen LogP contribution in [0.5, 0.6) is 0 Å². The van der Waals surface area contributed by atoms with Crippen molar-refractivity contribution in [2.75, 3.05) is 16.8 Å². The van der Waals surface area contributed by atoms with Gasteiger partial charge < -0.3 is 19.5 Å². The molecule has 4 aliphatic rings. The van der Waals surface area contributed by atoms with Crippen molar-refractivity contribution in [3.63, 3.8) is 0 Å². The van der Waals surface area contributed by atoms with E-state index in [1.807, 2.05) is 6.92 Å². The van der Waals surface area contributed by atoms with E-state index in [1.165, 1.54) is 12.1 Å². The first-order chi connectivity index (χ1) is 18.1. The SMILES string of the molecule is C[C@@H]1[C@@H](Nc2nnc(C3=CC(C4CC(F)(F)C4)NO3)o2)CN1c1cc(F)c(C2CCC(=O)NC2=O)c(F)c1. The van der Waals surface area contributed by atoms with Gasteiger partial charge in [0.2, 0.25) is 23.5 Å². The number of alkyl halides is 2. The number of amides is 2.